The van der Waals surface area contributed by atoms with Crippen LogP contribution < -0.4 is 10.4 Å². The highest BCUT2D eigenvalue weighted by molar-refractivity contribution is 7.51. The van der Waals surface area contributed by atoms with Crippen LogP contribution in [0.2, 0.25) is 6.55 Å². The van der Waals surface area contributed by atoms with Gasteiger partial charge in [-0.15, -0.1) is 0 Å². The van der Waals surface area contributed by atoms with E-state index < -0.39 is 8.31 Å². The van der Waals surface area contributed by atoms with Gasteiger partial charge in [-0.3, -0.25) is 0 Å². The van der Waals surface area contributed by atoms with Crippen molar-refractivity contribution in [2.75, 3.05) is 0 Å². The SMILES string of the molecule is C[SiH]([SiH2][SiH2][SiH2]c1ccccc1)c1ccccc1. The van der Waals surface area contributed by atoms with E-state index in [-0.39, 0.29) is 9.04 Å². The first-order valence-electron chi connectivity index (χ1n) is 6.45. The zero-order chi connectivity index (χ0) is 11.9. The quantitative estimate of drug-likeness (QED) is 0.614. The van der Waals surface area contributed by atoms with E-state index in [1.54, 1.807) is 10.4 Å². The van der Waals surface area contributed by atoms with Crippen LogP contribution in [0.5, 0.6) is 0 Å². The highest BCUT2D eigenvalue weighted by Gasteiger charge is 2.07. The van der Waals surface area contributed by atoms with Crippen molar-refractivity contribution in [3.05, 3.63) is 60.7 Å². The van der Waals surface area contributed by atoms with Crippen LogP contribution in [0.25, 0.3) is 0 Å². The lowest BCUT2D eigenvalue weighted by Gasteiger charge is -2.08. The van der Waals surface area contributed by atoms with Gasteiger partial charge in [-0.05, 0) is 0 Å². The van der Waals surface area contributed by atoms with Gasteiger partial charge in [0.1, 0.15) is 0 Å². The summed E-state index contributed by atoms with van der Waals surface area (Å²) in [6, 6.07) is 22.5. The van der Waals surface area contributed by atoms with Crippen LogP contribution in [0.4, 0.5) is 0 Å². The first-order valence-corrected chi connectivity index (χ1v) is 20.2. The summed E-state index contributed by atoms with van der Waals surface area (Å²) in [5.74, 6) is 0. The predicted octanol–water partition coefficient (Wildman–Crippen LogP) is -1.09. The van der Waals surface area contributed by atoms with Gasteiger partial charge in [-0.25, -0.2) is 0 Å². The Morgan fingerprint density at radius 3 is 2.06 bits per heavy atom. The van der Waals surface area contributed by atoms with Crippen molar-refractivity contribution in [2.24, 2.45) is 0 Å². The van der Waals surface area contributed by atoms with Crippen LogP contribution in [0.15, 0.2) is 60.7 Å². The van der Waals surface area contributed by atoms with Gasteiger partial charge >= 0.3 is 0 Å². The van der Waals surface area contributed by atoms with E-state index >= 15 is 0 Å². The molecule has 0 saturated heterocycles. The Kier molecular flexibility index (Phi) is 5.18. The normalized spacial score (nSPS) is 14.4. The molecule has 88 valence electrons. The zero-order valence-corrected chi connectivity index (χ0v) is 15.9. The number of rotatable bonds is 5. The summed E-state index contributed by atoms with van der Waals surface area (Å²) in [7, 11) is 0.404. The van der Waals surface area contributed by atoms with Crippen molar-refractivity contribution in [3.8, 4) is 0 Å². The Labute approximate surface area is 112 Å². The molecule has 0 N–H and O–H groups in total. The molecule has 0 saturated carbocycles. The molecule has 2 aromatic rings. The number of benzene rings is 2. The van der Waals surface area contributed by atoms with Crippen molar-refractivity contribution in [1.82, 2.24) is 0 Å². The first kappa shape index (κ1) is 12.8. The zero-order valence-electron chi connectivity index (χ0n) is 10.5. The molecule has 0 amide bonds. The van der Waals surface area contributed by atoms with Crippen LogP contribution in [0, 0.1) is 0 Å². The highest BCUT2D eigenvalue weighted by Crippen LogP contribution is 1.87. The molecule has 0 fully saturated rings. The first-order chi connectivity index (χ1) is 8.36. The molecule has 1 atom stereocenters. The molecule has 0 bridgehead atoms. The van der Waals surface area contributed by atoms with Gasteiger partial charge in [0.15, 0.2) is 0 Å². The monoisotopic (exact) mass is 288 g/mol. The van der Waals surface area contributed by atoms with Gasteiger partial charge < -0.3 is 0 Å². The molecule has 0 spiro atoms. The molecule has 0 aromatic heterocycles. The minimum Gasteiger partial charge on any atom is -0.0706 e. The largest absolute Gasteiger partial charge is 0.0706 e. The number of hydrogen-bond donors (Lipinski definition) is 0. The van der Waals surface area contributed by atoms with Crippen LogP contribution in [-0.4, -0.2) is 34.5 Å². The lowest BCUT2D eigenvalue weighted by molar-refractivity contribution is 1.76. The van der Waals surface area contributed by atoms with E-state index in [1.165, 1.54) is 0 Å². The molecule has 4 heteroatoms. The Morgan fingerprint density at radius 2 is 1.41 bits per heavy atom. The Bertz CT molecular complexity index is 430. The summed E-state index contributed by atoms with van der Waals surface area (Å²) >= 11 is 0. The van der Waals surface area contributed by atoms with Gasteiger partial charge in [0.05, 0.1) is 8.31 Å². The fraction of sp³-hybridized carbons (Fsp3) is 0.0769. The van der Waals surface area contributed by atoms with Crippen molar-refractivity contribution in [1.29, 1.82) is 0 Å². The molecule has 17 heavy (non-hydrogen) atoms. The predicted molar refractivity (Wildman–Crippen MR) is 90.8 cm³/mol. The smallest absolute Gasteiger partial charge is 0.0513 e. The third kappa shape index (κ3) is 4.23. The van der Waals surface area contributed by atoms with E-state index in [0.717, 1.165) is 0 Å². The maximum Gasteiger partial charge on any atom is 0.0513 e. The molecule has 1 unspecified atom stereocenters. The summed E-state index contributed by atoms with van der Waals surface area (Å²) < 4.78 is 0. The van der Waals surface area contributed by atoms with Crippen molar-refractivity contribution < 1.29 is 0 Å². The maximum absolute atomic E-state index is 2.58. The topological polar surface area (TPSA) is 0 Å². The third-order valence-corrected chi connectivity index (χ3v) is 41.2. The molecule has 0 heterocycles. The second kappa shape index (κ2) is 6.90. The van der Waals surface area contributed by atoms with E-state index in [1.807, 2.05) is 0 Å². The van der Waals surface area contributed by atoms with Crippen molar-refractivity contribution in [2.45, 2.75) is 6.55 Å². The molecule has 0 radical (unpaired) electrons. The molecule has 0 nitrogen and oxygen atoms in total. The van der Waals surface area contributed by atoms with Crippen LogP contribution >= 0.6 is 0 Å². The highest BCUT2D eigenvalue weighted by atomic mass is 29.7. The Morgan fingerprint density at radius 1 is 0.824 bits per heavy atom. The molecule has 0 aliphatic heterocycles. The number of hydrogen-bond acceptors (Lipinski definition) is 0. The lowest BCUT2D eigenvalue weighted by atomic mass is 10.4. The molecule has 2 aromatic carbocycles. The minimum absolute atomic E-state index is 0.176. The fourth-order valence-corrected chi connectivity index (χ4v) is 47.8. The molecular weight excluding hydrogens is 268 g/mol. The van der Waals surface area contributed by atoms with E-state index in [9.17, 15) is 0 Å². The lowest BCUT2D eigenvalue weighted by Crippen LogP contribution is -2.40. The second-order valence-electron chi connectivity index (χ2n) is 4.69. The van der Waals surface area contributed by atoms with E-state index in [0.29, 0.717) is 17.1 Å². The van der Waals surface area contributed by atoms with E-state index in [4.69, 9.17) is 0 Å². The summed E-state index contributed by atoms with van der Waals surface area (Å²) in [6.07, 6.45) is 0. The summed E-state index contributed by atoms with van der Waals surface area (Å²) in [4.78, 5) is 0. The molecule has 0 aliphatic carbocycles. The van der Waals surface area contributed by atoms with Crippen molar-refractivity contribution >= 4 is 44.8 Å². The van der Waals surface area contributed by atoms with Gasteiger partial charge in [0.25, 0.3) is 0 Å². The average molecular weight is 289 g/mol. The van der Waals surface area contributed by atoms with Gasteiger partial charge in [0.2, 0.25) is 0 Å². The van der Waals surface area contributed by atoms with Crippen molar-refractivity contribution in [3.63, 3.8) is 0 Å². The third-order valence-electron chi connectivity index (χ3n) is 3.31. The Balaban J connectivity index is 1.79. The Hall–Kier alpha value is -0.692. The minimum atomic E-state index is -0.466. The van der Waals surface area contributed by atoms with Gasteiger partial charge in [-0.2, -0.15) is 0 Å². The standard InChI is InChI=1S/C13H20Si4/c1-17(13-10-6-3-7-11-13)16-15-14-12-8-4-2-5-9-12/h2-11,17H,14-16H2,1H3. The summed E-state index contributed by atoms with van der Waals surface area (Å²) in [6.45, 7) is 2.58. The van der Waals surface area contributed by atoms with Crippen LogP contribution in [0.3, 0.4) is 0 Å². The molecule has 0 aliphatic rings. The van der Waals surface area contributed by atoms with Gasteiger partial charge in [0, 0.05) is 26.1 Å². The van der Waals surface area contributed by atoms with E-state index in [2.05, 4.69) is 67.2 Å². The summed E-state index contributed by atoms with van der Waals surface area (Å²) in [5, 5.41) is 3.43. The second-order valence-corrected chi connectivity index (χ2v) is 30.3. The fourth-order valence-electron chi connectivity index (χ4n) is 2.21. The van der Waals surface area contributed by atoms with Crippen LogP contribution in [0.1, 0.15) is 0 Å². The summed E-state index contributed by atoms with van der Waals surface area (Å²) in [5.41, 5.74) is 0. The average Bonchev–Trinajstić information content (AvgIpc) is 2.41. The van der Waals surface area contributed by atoms with Crippen LogP contribution in [-0.2, 0) is 0 Å². The molecule has 2 rings (SSSR count). The molecular formula is C13H20Si4. The maximum atomic E-state index is 2.58. The van der Waals surface area contributed by atoms with Gasteiger partial charge in [-0.1, -0.05) is 77.6 Å².